The Balaban J connectivity index is 1.42. The molecule has 1 heterocycles. The first-order valence-corrected chi connectivity index (χ1v) is 7.05. The lowest BCUT2D eigenvalue weighted by molar-refractivity contribution is -0.0198. The summed E-state index contributed by atoms with van der Waals surface area (Å²) in [6, 6.07) is 6.51. The number of ether oxygens (including phenoxy) is 1. The molecule has 1 aliphatic carbocycles. The van der Waals surface area contributed by atoms with E-state index in [1.807, 2.05) is 0 Å². The van der Waals surface area contributed by atoms with Crippen molar-refractivity contribution in [1.82, 2.24) is 5.48 Å². The number of hydroxylamine groups is 1. The highest BCUT2D eigenvalue weighted by Gasteiger charge is 2.15. The second-order valence-electron chi connectivity index (χ2n) is 5.21. The average Bonchev–Trinajstić information content (AvgIpc) is 3.05. The van der Waals surface area contributed by atoms with Crippen LogP contribution in [-0.4, -0.2) is 19.3 Å². The molecule has 18 heavy (non-hydrogen) atoms. The van der Waals surface area contributed by atoms with E-state index in [9.17, 15) is 0 Å². The van der Waals surface area contributed by atoms with Gasteiger partial charge in [-0.05, 0) is 36.5 Å². The Kier molecular flexibility index (Phi) is 3.81. The molecule has 0 radical (unpaired) electrons. The van der Waals surface area contributed by atoms with Crippen molar-refractivity contribution < 1.29 is 9.57 Å². The monoisotopic (exact) mass is 247 g/mol. The molecule has 3 nitrogen and oxygen atoms in total. The number of benzene rings is 1. The zero-order valence-corrected chi connectivity index (χ0v) is 10.8. The second-order valence-corrected chi connectivity index (χ2v) is 5.21. The van der Waals surface area contributed by atoms with Crippen LogP contribution >= 0.6 is 0 Å². The van der Waals surface area contributed by atoms with Crippen molar-refractivity contribution in [3.05, 3.63) is 29.3 Å². The summed E-state index contributed by atoms with van der Waals surface area (Å²) >= 11 is 0. The summed E-state index contributed by atoms with van der Waals surface area (Å²) in [7, 11) is 0. The van der Waals surface area contributed by atoms with E-state index >= 15 is 0 Å². The van der Waals surface area contributed by atoms with Gasteiger partial charge in [0.25, 0.3) is 0 Å². The molecule has 2 aliphatic rings. The van der Waals surface area contributed by atoms with Gasteiger partial charge in [0.15, 0.2) is 0 Å². The normalized spacial score (nSPS) is 18.9. The molecule has 0 saturated heterocycles. The number of hydrogen-bond donors (Lipinski definition) is 1. The summed E-state index contributed by atoms with van der Waals surface area (Å²) in [5, 5.41) is 0. The maximum Gasteiger partial charge on any atom is 0.122 e. The van der Waals surface area contributed by atoms with Gasteiger partial charge in [-0.15, -0.1) is 0 Å². The van der Waals surface area contributed by atoms with Gasteiger partial charge >= 0.3 is 0 Å². The van der Waals surface area contributed by atoms with Crippen LogP contribution in [0.5, 0.6) is 5.75 Å². The molecule has 1 aromatic rings. The van der Waals surface area contributed by atoms with Gasteiger partial charge < -0.3 is 4.74 Å². The highest BCUT2D eigenvalue weighted by molar-refractivity contribution is 5.39. The van der Waals surface area contributed by atoms with E-state index in [4.69, 9.17) is 9.57 Å². The lowest BCUT2D eigenvalue weighted by Gasteiger charge is -2.11. The topological polar surface area (TPSA) is 30.5 Å². The van der Waals surface area contributed by atoms with Crippen LogP contribution in [0.4, 0.5) is 0 Å². The molecule has 1 aliphatic heterocycles. The summed E-state index contributed by atoms with van der Waals surface area (Å²) in [4.78, 5) is 5.64. The van der Waals surface area contributed by atoms with Gasteiger partial charge in [-0.3, -0.25) is 4.84 Å². The molecule has 0 bridgehead atoms. The van der Waals surface area contributed by atoms with Crippen molar-refractivity contribution in [2.24, 2.45) is 0 Å². The first-order chi connectivity index (χ1) is 8.92. The van der Waals surface area contributed by atoms with E-state index in [1.165, 1.54) is 36.8 Å². The highest BCUT2D eigenvalue weighted by atomic mass is 16.7. The molecule has 0 spiro atoms. The minimum atomic E-state index is 0.443. The third-order valence-corrected chi connectivity index (χ3v) is 3.82. The van der Waals surface area contributed by atoms with Crippen LogP contribution in [0.2, 0.25) is 0 Å². The molecule has 1 saturated carbocycles. The van der Waals surface area contributed by atoms with Gasteiger partial charge in [0, 0.05) is 13.0 Å². The third-order valence-electron chi connectivity index (χ3n) is 3.82. The molecule has 1 N–H and O–H groups in total. The second kappa shape index (κ2) is 5.72. The lowest BCUT2D eigenvalue weighted by atomic mass is 10.1. The molecular weight excluding hydrogens is 226 g/mol. The molecule has 0 atom stereocenters. The van der Waals surface area contributed by atoms with Crippen LogP contribution in [-0.2, 0) is 17.7 Å². The van der Waals surface area contributed by atoms with E-state index in [-0.39, 0.29) is 0 Å². The average molecular weight is 247 g/mol. The van der Waals surface area contributed by atoms with Crippen LogP contribution in [0.15, 0.2) is 18.2 Å². The van der Waals surface area contributed by atoms with Gasteiger partial charge in [-0.25, -0.2) is 5.48 Å². The van der Waals surface area contributed by atoms with E-state index in [2.05, 4.69) is 23.7 Å². The van der Waals surface area contributed by atoms with E-state index in [0.29, 0.717) is 6.10 Å². The smallest absolute Gasteiger partial charge is 0.122 e. The maximum absolute atomic E-state index is 5.64. The van der Waals surface area contributed by atoms with Crippen LogP contribution in [0.3, 0.4) is 0 Å². The quantitative estimate of drug-likeness (QED) is 0.641. The molecule has 3 heteroatoms. The summed E-state index contributed by atoms with van der Waals surface area (Å²) in [6.45, 7) is 1.72. The van der Waals surface area contributed by atoms with Crippen LogP contribution < -0.4 is 10.2 Å². The predicted octanol–water partition coefficient (Wildman–Crippen LogP) is 2.63. The predicted molar refractivity (Wildman–Crippen MR) is 70.7 cm³/mol. The minimum Gasteiger partial charge on any atom is -0.493 e. The Hall–Kier alpha value is -1.06. The molecule has 1 aromatic carbocycles. The highest BCUT2D eigenvalue weighted by Crippen LogP contribution is 2.26. The molecule has 1 fully saturated rings. The maximum atomic E-state index is 5.64. The van der Waals surface area contributed by atoms with Crippen molar-refractivity contribution in [1.29, 1.82) is 0 Å². The van der Waals surface area contributed by atoms with Crippen LogP contribution in [0.25, 0.3) is 0 Å². The van der Waals surface area contributed by atoms with Gasteiger partial charge in [-0.2, -0.15) is 0 Å². The molecule has 0 unspecified atom stereocenters. The van der Waals surface area contributed by atoms with Gasteiger partial charge in [0.2, 0.25) is 0 Å². The number of fused-ring (bicyclic) bond motifs is 1. The number of rotatable bonds is 5. The largest absolute Gasteiger partial charge is 0.493 e. The SMILES string of the molecule is c1cc2c(cc1CCNOC1CCCC1)CCO2. The molecule has 0 aromatic heterocycles. The van der Waals surface area contributed by atoms with Crippen molar-refractivity contribution >= 4 is 0 Å². The Morgan fingerprint density at radius 1 is 1.28 bits per heavy atom. The number of hydrogen-bond acceptors (Lipinski definition) is 3. The van der Waals surface area contributed by atoms with E-state index in [1.54, 1.807) is 0 Å². The van der Waals surface area contributed by atoms with Crippen molar-refractivity contribution in [3.63, 3.8) is 0 Å². The van der Waals surface area contributed by atoms with Crippen molar-refractivity contribution in [3.8, 4) is 5.75 Å². The molecular formula is C15H21NO2. The van der Waals surface area contributed by atoms with Gasteiger partial charge in [0.1, 0.15) is 5.75 Å². The molecule has 98 valence electrons. The lowest BCUT2D eigenvalue weighted by Crippen LogP contribution is -2.23. The fourth-order valence-corrected chi connectivity index (χ4v) is 2.77. The minimum absolute atomic E-state index is 0.443. The Morgan fingerprint density at radius 3 is 3.06 bits per heavy atom. The number of nitrogens with one attached hydrogen (secondary N) is 1. The summed E-state index contributed by atoms with van der Waals surface area (Å²) in [6.07, 6.45) is 7.56. The standard InChI is InChI=1S/C15H21NO2/c1-2-4-14(3-1)18-16-9-7-12-5-6-15-13(11-12)8-10-17-15/h5-6,11,14,16H,1-4,7-10H2. The molecule has 3 rings (SSSR count). The summed E-state index contributed by atoms with van der Waals surface area (Å²) < 4.78 is 5.51. The van der Waals surface area contributed by atoms with Crippen LogP contribution in [0, 0.1) is 0 Å². The van der Waals surface area contributed by atoms with E-state index < -0.39 is 0 Å². The van der Waals surface area contributed by atoms with Gasteiger partial charge in [0.05, 0.1) is 12.7 Å². The van der Waals surface area contributed by atoms with Crippen molar-refractivity contribution in [2.75, 3.05) is 13.2 Å². The van der Waals surface area contributed by atoms with Crippen LogP contribution in [0.1, 0.15) is 36.8 Å². The van der Waals surface area contributed by atoms with E-state index in [0.717, 1.165) is 31.7 Å². The fraction of sp³-hybridized carbons (Fsp3) is 0.600. The Labute approximate surface area is 108 Å². The Bertz CT molecular complexity index is 399. The zero-order valence-electron chi connectivity index (χ0n) is 10.8. The summed E-state index contributed by atoms with van der Waals surface area (Å²) in [5.74, 6) is 1.06. The summed E-state index contributed by atoms with van der Waals surface area (Å²) in [5.41, 5.74) is 5.83. The zero-order chi connectivity index (χ0) is 12.2. The molecule has 0 amide bonds. The van der Waals surface area contributed by atoms with Crippen molar-refractivity contribution in [2.45, 2.75) is 44.6 Å². The first kappa shape index (κ1) is 12.0. The Morgan fingerprint density at radius 2 is 2.17 bits per heavy atom. The third kappa shape index (κ3) is 2.85. The fourth-order valence-electron chi connectivity index (χ4n) is 2.77. The van der Waals surface area contributed by atoms with Gasteiger partial charge in [-0.1, -0.05) is 25.0 Å². The first-order valence-electron chi connectivity index (χ1n) is 7.05.